The minimum atomic E-state index is -3.68. The second-order valence-electron chi connectivity index (χ2n) is 7.05. The Kier molecular flexibility index (Phi) is 9.66. The fourth-order valence-electron chi connectivity index (χ4n) is 2.96. The first-order valence-corrected chi connectivity index (χ1v) is 11.4. The summed E-state index contributed by atoms with van der Waals surface area (Å²) in [5, 5.41) is 5.02. The average molecular weight is 442 g/mol. The number of amides is 2. The molecule has 0 spiro atoms. The number of rotatable bonds is 10. The minimum absolute atomic E-state index is 0.0584. The Morgan fingerprint density at radius 2 is 1.87 bits per heavy atom. The summed E-state index contributed by atoms with van der Waals surface area (Å²) in [6.07, 6.45) is 1.61. The van der Waals surface area contributed by atoms with Crippen LogP contribution in [0.5, 0.6) is 0 Å². The van der Waals surface area contributed by atoms with E-state index in [1.165, 1.54) is 28.6 Å². The fourth-order valence-corrected chi connectivity index (χ4v) is 4.42. The molecule has 0 saturated carbocycles. The maximum absolute atomic E-state index is 12.7. The smallest absolute Gasteiger partial charge is 0.313 e. The van der Waals surface area contributed by atoms with Crippen LogP contribution in [-0.4, -0.2) is 89.0 Å². The molecule has 0 aromatic heterocycles. The molecule has 10 nitrogen and oxygen atoms in total. The quantitative estimate of drug-likeness (QED) is 0.327. The third-order valence-electron chi connectivity index (χ3n) is 4.65. The molecule has 168 valence electrons. The molecule has 1 heterocycles. The second-order valence-corrected chi connectivity index (χ2v) is 8.99. The number of hydrogen-bond acceptors (Lipinski definition) is 7. The van der Waals surface area contributed by atoms with Crippen molar-refractivity contribution in [2.45, 2.75) is 17.7 Å². The Morgan fingerprint density at radius 1 is 1.17 bits per heavy atom. The Balaban J connectivity index is 1.85. The first kappa shape index (κ1) is 24.2. The number of nitrogens with zero attached hydrogens (tertiary/aromatic N) is 2. The van der Waals surface area contributed by atoms with Crippen molar-refractivity contribution >= 4 is 27.5 Å². The van der Waals surface area contributed by atoms with Gasteiger partial charge < -0.3 is 26.0 Å². The average Bonchev–Trinajstić information content (AvgIpc) is 2.75. The largest absolute Gasteiger partial charge is 0.379 e. The molecule has 1 aromatic rings. The number of nitrogens with two attached hydrogens (primary N) is 1. The van der Waals surface area contributed by atoms with Gasteiger partial charge in [0.15, 0.2) is 0 Å². The lowest BCUT2D eigenvalue weighted by molar-refractivity contribution is -0.136. The van der Waals surface area contributed by atoms with E-state index in [0.29, 0.717) is 32.7 Å². The summed E-state index contributed by atoms with van der Waals surface area (Å²) in [5.74, 6) is -1.60. The van der Waals surface area contributed by atoms with Gasteiger partial charge in [0.05, 0.1) is 18.1 Å². The topological polar surface area (TPSA) is 134 Å². The summed E-state index contributed by atoms with van der Waals surface area (Å²) in [5.41, 5.74) is 5.71. The van der Waals surface area contributed by atoms with E-state index in [0.717, 1.165) is 19.5 Å². The van der Waals surface area contributed by atoms with Crippen molar-refractivity contribution in [2.75, 3.05) is 64.8 Å². The van der Waals surface area contributed by atoms with E-state index in [4.69, 9.17) is 10.5 Å². The van der Waals surface area contributed by atoms with Gasteiger partial charge in [0, 0.05) is 25.3 Å². The predicted molar refractivity (Wildman–Crippen MR) is 113 cm³/mol. The molecule has 4 N–H and O–H groups in total. The highest BCUT2D eigenvalue weighted by molar-refractivity contribution is 7.89. The molecular weight excluding hydrogens is 410 g/mol. The number of anilines is 1. The van der Waals surface area contributed by atoms with E-state index in [-0.39, 0.29) is 23.7 Å². The van der Waals surface area contributed by atoms with Crippen LogP contribution in [0.25, 0.3) is 0 Å². The zero-order chi connectivity index (χ0) is 22.0. The van der Waals surface area contributed by atoms with Crippen LogP contribution in [0.15, 0.2) is 29.2 Å². The first-order valence-electron chi connectivity index (χ1n) is 10.0. The van der Waals surface area contributed by atoms with Gasteiger partial charge in [-0.2, -0.15) is 4.31 Å². The Bertz CT molecular complexity index is 811. The van der Waals surface area contributed by atoms with Crippen LogP contribution in [0, 0.1) is 0 Å². The van der Waals surface area contributed by atoms with Crippen LogP contribution in [0.2, 0.25) is 0 Å². The number of carbonyl (C=O) groups is 2. The molecule has 0 atom stereocenters. The summed E-state index contributed by atoms with van der Waals surface area (Å²) >= 11 is 0. The molecular formula is C19H31N5O5S. The van der Waals surface area contributed by atoms with Crippen molar-refractivity contribution in [3.63, 3.8) is 0 Å². The molecule has 0 aliphatic carbocycles. The van der Waals surface area contributed by atoms with Gasteiger partial charge in [-0.15, -0.1) is 0 Å². The molecule has 0 unspecified atom stereocenters. The molecule has 1 fully saturated rings. The summed E-state index contributed by atoms with van der Waals surface area (Å²) in [6.45, 7) is 3.92. The highest BCUT2D eigenvalue weighted by Crippen LogP contribution is 2.20. The van der Waals surface area contributed by atoms with Gasteiger partial charge in [0.25, 0.3) is 0 Å². The van der Waals surface area contributed by atoms with E-state index in [1.54, 1.807) is 0 Å². The molecule has 2 amide bonds. The van der Waals surface area contributed by atoms with Crippen molar-refractivity contribution in [2.24, 2.45) is 5.73 Å². The molecule has 1 saturated heterocycles. The summed E-state index contributed by atoms with van der Waals surface area (Å²) in [6, 6.07) is 5.87. The fraction of sp³-hybridized carbons (Fsp3) is 0.579. The van der Waals surface area contributed by atoms with Crippen molar-refractivity contribution < 1.29 is 22.7 Å². The SMILES string of the molecule is CN(CCCN)CCCNC(=O)C(=O)Nc1cccc(S(=O)(=O)N2CCOCC2)c1. The number of hydrogen-bond donors (Lipinski definition) is 3. The van der Waals surface area contributed by atoms with Crippen LogP contribution in [-0.2, 0) is 24.3 Å². The molecule has 30 heavy (non-hydrogen) atoms. The van der Waals surface area contributed by atoms with Crippen molar-refractivity contribution in [3.8, 4) is 0 Å². The summed E-state index contributed by atoms with van der Waals surface area (Å²) in [4.78, 5) is 26.3. The first-order chi connectivity index (χ1) is 14.3. The molecule has 1 aliphatic heterocycles. The number of morpholine rings is 1. The molecule has 0 bridgehead atoms. The van der Waals surface area contributed by atoms with Gasteiger partial charge in [-0.3, -0.25) is 9.59 Å². The Hall–Kier alpha value is -2.05. The minimum Gasteiger partial charge on any atom is -0.379 e. The van der Waals surface area contributed by atoms with E-state index >= 15 is 0 Å². The number of nitrogens with one attached hydrogen (secondary N) is 2. The molecule has 11 heteroatoms. The lowest BCUT2D eigenvalue weighted by Crippen LogP contribution is -2.40. The van der Waals surface area contributed by atoms with Crippen LogP contribution in [0.3, 0.4) is 0 Å². The van der Waals surface area contributed by atoms with E-state index in [1.807, 2.05) is 7.05 Å². The van der Waals surface area contributed by atoms with Gasteiger partial charge in [0.2, 0.25) is 10.0 Å². The second kappa shape index (κ2) is 12.0. The maximum Gasteiger partial charge on any atom is 0.313 e. The van der Waals surface area contributed by atoms with Crippen LogP contribution in [0.4, 0.5) is 5.69 Å². The van der Waals surface area contributed by atoms with E-state index in [2.05, 4.69) is 15.5 Å². The third-order valence-corrected chi connectivity index (χ3v) is 6.55. The third kappa shape index (κ3) is 7.33. The highest BCUT2D eigenvalue weighted by Gasteiger charge is 2.26. The Labute approximate surface area is 177 Å². The summed E-state index contributed by atoms with van der Waals surface area (Å²) in [7, 11) is -1.71. The number of ether oxygens (including phenoxy) is 1. The van der Waals surface area contributed by atoms with Gasteiger partial charge in [-0.05, 0) is 57.7 Å². The van der Waals surface area contributed by atoms with Gasteiger partial charge >= 0.3 is 11.8 Å². The molecule has 2 rings (SSSR count). The van der Waals surface area contributed by atoms with Crippen LogP contribution >= 0.6 is 0 Å². The predicted octanol–water partition coefficient (Wildman–Crippen LogP) is -0.567. The lowest BCUT2D eigenvalue weighted by atomic mass is 10.3. The molecule has 0 radical (unpaired) electrons. The standard InChI is InChI=1S/C19H31N5O5S/c1-23(9-3-7-20)10-4-8-21-18(25)19(26)22-16-5-2-6-17(15-16)30(27,28)24-11-13-29-14-12-24/h2,5-6,15H,3-4,7-14,20H2,1H3,(H,21,25)(H,22,26). The number of benzene rings is 1. The number of sulfonamides is 1. The normalized spacial score (nSPS) is 15.2. The molecule has 1 aliphatic rings. The maximum atomic E-state index is 12.7. The van der Waals surface area contributed by atoms with Crippen molar-refractivity contribution in [1.29, 1.82) is 0 Å². The van der Waals surface area contributed by atoms with Gasteiger partial charge in [-0.1, -0.05) is 6.07 Å². The van der Waals surface area contributed by atoms with Gasteiger partial charge in [0.1, 0.15) is 0 Å². The van der Waals surface area contributed by atoms with Gasteiger partial charge in [-0.25, -0.2) is 8.42 Å². The number of carbonyl (C=O) groups excluding carboxylic acids is 2. The van der Waals surface area contributed by atoms with Crippen LogP contribution < -0.4 is 16.4 Å². The zero-order valence-electron chi connectivity index (χ0n) is 17.3. The highest BCUT2D eigenvalue weighted by atomic mass is 32.2. The zero-order valence-corrected chi connectivity index (χ0v) is 18.1. The monoisotopic (exact) mass is 441 g/mol. The lowest BCUT2D eigenvalue weighted by Gasteiger charge is -2.26. The van der Waals surface area contributed by atoms with E-state index < -0.39 is 21.8 Å². The van der Waals surface area contributed by atoms with E-state index in [9.17, 15) is 18.0 Å². The van der Waals surface area contributed by atoms with Crippen molar-refractivity contribution in [3.05, 3.63) is 24.3 Å². The van der Waals surface area contributed by atoms with Crippen molar-refractivity contribution in [1.82, 2.24) is 14.5 Å². The molecule has 1 aromatic carbocycles. The Morgan fingerprint density at radius 3 is 2.57 bits per heavy atom. The van der Waals surface area contributed by atoms with Crippen LogP contribution in [0.1, 0.15) is 12.8 Å². The summed E-state index contributed by atoms with van der Waals surface area (Å²) < 4.78 is 32.0.